The van der Waals surface area contributed by atoms with E-state index in [9.17, 15) is 9.18 Å². The number of amides is 1. The molecule has 0 fully saturated rings. The van der Waals surface area contributed by atoms with Gasteiger partial charge >= 0.3 is 0 Å². The zero-order chi connectivity index (χ0) is 12.9. The van der Waals surface area contributed by atoms with Crippen molar-refractivity contribution in [3.05, 3.63) is 29.8 Å². The van der Waals surface area contributed by atoms with Crippen LogP contribution in [0.1, 0.15) is 25.8 Å². The van der Waals surface area contributed by atoms with Crippen LogP contribution in [0.25, 0.3) is 0 Å². The quantitative estimate of drug-likeness (QED) is 0.808. The minimum atomic E-state index is -0.628. The Bertz CT molecular complexity index is 394. The Labute approximate surface area is 99.9 Å². The predicted molar refractivity (Wildman–Crippen MR) is 61.8 cm³/mol. The maximum Gasteiger partial charge on any atom is 0.220 e. The van der Waals surface area contributed by atoms with Crippen molar-refractivity contribution in [2.45, 2.75) is 32.2 Å². The average molecular weight is 240 g/mol. The van der Waals surface area contributed by atoms with Gasteiger partial charge in [0.1, 0.15) is 5.82 Å². The summed E-state index contributed by atoms with van der Waals surface area (Å²) in [7, 11) is 0. The van der Waals surface area contributed by atoms with E-state index in [4.69, 9.17) is 5.11 Å². The van der Waals surface area contributed by atoms with Gasteiger partial charge in [-0.05, 0) is 31.9 Å². The smallest absolute Gasteiger partial charge is 0.220 e. The van der Waals surface area contributed by atoms with Crippen LogP contribution in [0.4, 0.5) is 4.39 Å². The monoisotopic (exact) mass is 240 g/mol. The molecule has 17 heavy (non-hydrogen) atoms. The van der Waals surface area contributed by atoms with E-state index in [1.54, 1.807) is 13.8 Å². The highest BCUT2D eigenvalue weighted by atomic mass is 19.1. The number of hydrogen-bond acceptors (Lipinski definition) is 3. The highest BCUT2D eigenvalue weighted by Crippen LogP contribution is 2.05. The molecule has 0 spiro atoms. The van der Waals surface area contributed by atoms with E-state index in [1.807, 2.05) is 0 Å². The van der Waals surface area contributed by atoms with Gasteiger partial charge in [-0.3, -0.25) is 9.78 Å². The minimum absolute atomic E-state index is 0.125. The lowest BCUT2D eigenvalue weighted by Gasteiger charge is -2.23. The van der Waals surface area contributed by atoms with Crippen molar-refractivity contribution in [3.8, 4) is 0 Å². The van der Waals surface area contributed by atoms with Crippen molar-refractivity contribution in [3.63, 3.8) is 0 Å². The number of aliphatic hydroxyl groups excluding tert-OH is 1. The molecule has 0 aliphatic heterocycles. The number of pyridine rings is 1. The lowest BCUT2D eigenvalue weighted by molar-refractivity contribution is -0.123. The molecular weight excluding hydrogens is 223 g/mol. The van der Waals surface area contributed by atoms with Crippen LogP contribution >= 0.6 is 0 Å². The summed E-state index contributed by atoms with van der Waals surface area (Å²) < 4.78 is 12.8. The number of aromatic nitrogens is 1. The fourth-order valence-corrected chi connectivity index (χ4v) is 1.33. The molecule has 0 bridgehead atoms. The molecule has 0 aliphatic rings. The van der Waals surface area contributed by atoms with Gasteiger partial charge < -0.3 is 10.4 Å². The fourth-order valence-electron chi connectivity index (χ4n) is 1.33. The summed E-state index contributed by atoms with van der Waals surface area (Å²) in [6.45, 7) is 3.34. The Kier molecular flexibility index (Phi) is 4.57. The Morgan fingerprint density at radius 1 is 1.53 bits per heavy atom. The fraction of sp³-hybridized carbons (Fsp3) is 0.500. The molecule has 94 valence electrons. The number of halogens is 1. The molecule has 1 aromatic heterocycles. The van der Waals surface area contributed by atoms with Gasteiger partial charge in [-0.1, -0.05) is 0 Å². The van der Waals surface area contributed by atoms with Crippen LogP contribution in [0.5, 0.6) is 0 Å². The molecule has 0 saturated heterocycles. The van der Waals surface area contributed by atoms with E-state index in [0.717, 1.165) is 6.20 Å². The lowest BCUT2D eigenvalue weighted by atomic mass is 10.1. The van der Waals surface area contributed by atoms with Gasteiger partial charge in [-0.2, -0.15) is 0 Å². The van der Waals surface area contributed by atoms with Crippen molar-refractivity contribution in [1.82, 2.24) is 10.3 Å². The van der Waals surface area contributed by atoms with E-state index in [0.29, 0.717) is 12.0 Å². The van der Waals surface area contributed by atoms with Gasteiger partial charge in [0, 0.05) is 12.6 Å². The number of aliphatic hydroxyl groups is 1. The van der Waals surface area contributed by atoms with Crippen molar-refractivity contribution >= 4 is 5.91 Å². The summed E-state index contributed by atoms with van der Waals surface area (Å²) in [6.07, 6.45) is 3.33. The second-order valence-electron chi connectivity index (χ2n) is 4.60. The zero-order valence-electron chi connectivity index (χ0n) is 10.0. The van der Waals surface area contributed by atoms with E-state index in [1.165, 1.54) is 12.3 Å². The van der Waals surface area contributed by atoms with Gasteiger partial charge in [-0.15, -0.1) is 0 Å². The third kappa shape index (κ3) is 4.91. The first-order valence-corrected chi connectivity index (χ1v) is 5.44. The third-order valence-corrected chi connectivity index (χ3v) is 2.28. The molecule has 0 saturated carbocycles. The summed E-state index contributed by atoms with van der Waals surface area (Å²) in [5.74, 6) is -0.577. The standard InChI is InChI=1S/C12H17FN2O2/c1-12(2,8-16)15-11(17)4-3-9-5-10(13)7-14-6-9/h5-7,16H,3-4,8H2,1-2H3,(H,15,17). The van der Waals surface area contributed by atoms with Crippen LogP contribution in [0.2, 0.25) is 0 Å². The van der Waals surface area contributed by atoms with Crippen LogP contribution < -0.4 is 5.32 Å². The SMILES string of the molecule is CC(C)(CO)NC(=O)CCc1cncc(F)c1. The molecule has 4 nitrogen and oxygen atoms in total. The molecule has 5 heteroatoms. The van der Waals surface area contributed by atoms with Crippen LogP contribution in [-0.4, -0.2) is 28.1 Å². The molecule has 1 heterocycles. The van der Waals surface area contributed by atoms with E-state index in [-0.39, 0.29) is 18.9 Å². The van der Waals surface area contributed by atoms with Gasteiger partial charge in [0.05, 0.1) is 18.3 Å². The molecular formula is C12H17FN2O2. The second-order valence-corrected chi connectivity index (χ2v) is 4.60. The first kappa shape index (κ1) is 13.6. The number of carbonyl (C=O) groups is 1. The van der Waals surface area contributed by atoms with E-state index >= 15 is 0 Å². The van der Waals surface area contributed by atoms with Gasteiger partial charge in [-0.25, -0.2) is 4.39 Å². The Morgan fingerprint density at radius 3 is 2.82 bits per heavy atom. The first-order chi connectivity index (χ1) is 7.93. The molecule has 1 aromatic rings. The molecule has 1 amide bonds. The van der Waals surface area contributed by atoms with Crippen LogP contribution in [0.15, 0.2) is 18.5 Å². The normalized spacial score (nSPS) is 11.3. The zero-order valence-corrected chi connectivity index (χ0v) is 10.0. The van der Waals surface area contributed by atoms with Crippen molar-refractivity contribution in [1.29, 1.82) is 0 Å². The minimum Gasteiger partial charge on any atom is -0.394 e. The van der Waals surface area contributed by atoms with E-state index in [2.05, 4.69) is 10.3 Å². The molecule has 0 aliphatic carbocycles. The Morgan fingerprint density at radius 2 is 2.24 bits per heavy atom. The van der Waals surface area contributed by atoms with Crippen LogP contribution in [-0.2, 0) is 11.2 Å². The Hall–Kier alpha value is -1.49. The van der Waals surface area contributed by atoms with Crippen molar-refractivity contribution in [2.24, 2.45) is 0 Å². The number of nitrogens with one attached hydrogen (secondary N) is 1. The highest BCUT2D eigenvalue weighted by Gasteiger charge is 2.18. The average Bonchev–Trinajstić information content (AvgIpc) is 2.26. The van der Waals surface area contributed by atoms with E-state index < -0.39 is 11.4 Å². The van der Waals surface area contributed by atoms with Crippen molar-refractivity contribution in [2.75, 3.05) is 6.61 Å². The van der Waals surface area contributed by atoms with Crippen molar-refractivity contribution < 1.29 is 14.3 Å². The number of hydrogen-bond donors (Lipinski definition) is 2. The summed E-state index contributed by atoms with van der Waals surface area (Å²) in [5, 5.41) is 11.7. The molecule has 0 radical (unpaired) electrons. The number of nitrogens with zero attached hydrogens (tertiary/aromatic N) is 1. The predicted octanol–water partition coefficient (Wildman–Crippen LogP) is 1.04. The lowest BCUT2D eigenvalue weighted by Crippen LogP contribution is -2.46. The molecule has 0 atom stereocenters. The maximum atomic E-state index is 12.8. The Balaban J connectivity index is 2.44. The molecule has 0 aromatic carbocycles. The second kappa shape index (κ2) is 5.72. The third-order valence-electron chi connectivity index (χ3n) is 2.28. The molecule has 1 rings (SSSR count). The summed E-state index contributed by atoms with van der Waals surface area (Å²) in [6, 6.07) is 1.36. The van der Waals surface area contributed by atoms with Gasteiger partial charge in [0.15, 0.2) is 0 Å². The van der Waals surface area contributed by atoms with Crippen LogP contribution in [0.3, 0.4) is 0 Å². The largest absolute Gasteiger partial charge is 0.394 e. The summed E-state index contributed by atoms with van der Waals surface area (Å²) in [5.41, 5.74) is 0.0547. The van der Waals surface area contributed by atoms with Crippen LogP contribution in [0, 0.1) is 5.82 Å². The van der Waals surface area contributed by atoms with Gasteiger partial charge in [0.2, 0.25) is 5.91 Å². The molecule has 2 N–H and O–H groups in total. The number of carbonyl (C=O) groups excluding carboxylic acids is 1. The number of aryl methyl sites for hydroxylation is 1. The summed E-state index contributed by atoms with van der Waals surface area (Å²) in [4.78, 5) is 15.2. The maximum absolute atomic E-state index is 12.8. The molecule has 0 unspecified atom stereocenters. The highest BCUT2D eigenvalue weighted by molar-refractivity contribution is 5.76. The number of rotatable bonds is 5. The topological polar surface area (TPSA) is 62.2 Å². The first-order valence-electron chi connectivity index (χ1n) is 5.44. The summed E-state index contributed by atoms with van der Waals surface area (Å²) >= 11 is 0. The van der Waals surface area contributed by atoms with Gasteiger partial charge in [0.25, 0.3) is 0 Å².